The summed E-state index contributed by atoms with van der Waals surface area (Å²) in [5.74, 6) is -3.78. The van der Waals surface area contributed by atoms with E-state index in [0.717, 1.165) is 0 Å². The molecule has 0 amide bonds. The number of aliphatic hydroxyl groups is 3. The molecule has 3 aliphatic carbocycles. The molecule has 9 heteroatoms. The number of fused-ring (bicyclic) bond motifs is 2. The molecule has 9 nitrogen and oxygen atoms in total. The van der Waals surface area contributed by atoms with Crippen molar-refractivity contribution in [3.8, 4) is 0 Å². The predicted molar refractivity (Wildman–Crippen MR) is 102 cm³/mol. The van der Waals surface area contributed by atoms with Crippen molar-refractivity contribution in [2.75, 3.05) is 13.2 Å². The highest BCUT2D eigenvalue weighted by molar-refractivity contribution is 5.95. The van der Waals surface area contributed by atoms with Crippen LogP contribution in [0.2, 0.25) is 0 Å². The van der Waals surface area contributed by atoms with Crippen molar-refractivity contribution in [3.05, 3.63) is 11.3 Å². The molecule has 2 heterocycles. The summed E-state index contributed by atoms with van der Waals surface area (Å²) in [6.45, 7) is 5.24. The van der Waals surface area contributed by atoms with Gasteiger partial charge in [0.05, 0.1) is 25.7 Å². The van der Waals surface area contributed by atoms with E-state index in [4.69, 9.17) is 14.2 Å². The molecule has 2 saturated carbocycles. The SMILES string of the molecule is CCOC(=O)[C@@]12OC[C@]34C([C@@H](O)C1O)[C@@]1(C)CC(=O)C(O)=C(C)C1C[C@H]3OC(=O)C[C@H]42. The molecule has 4 fully saturated rings. The Bertz CT molecular complexity index is 911. The molecule has 2 bridgehead atoms. The average Bonchev–Trinajstić information content (AvgIpc) is 2.99. The van der Waals surface area contributed by atoms with E-state index < -0.39 is 64.3 Å². The first-order valence-electron chi connectivity index (χ1n) is 10.8. The normalized spacial score (nSPS) is 50.5. The second-order valence-electron chi connectivity index (χ2n) is 9.99. The largest absolute Gasteiger partial charge is 0.504 e. The molecule has 170 valence electrons. The third-order valence-corrected chi connectivity index (χ3v) is 8.91. The minimum absolute atomic E-state index is 0.00153. The number of ether oxygens (including phenoxy) is 3. The third kappa shape index (κ3) is 2.19. The smallest absolute Gasteiger partial charge is 0.341 e. The van der Waals surface area contributed by atoms with Crippen LogP contribution in [0.1, 0.15) is 40.0 Å². The van der Waals surface area contributed by atoms with Gasteiger partial charge in [-0.1, -0.05) is 6.92 Å². The molecule has 0 aromatic rings. The van der Waals surface area contributed by atoms with E-state index >= 15 is 0 Å². The number of ketones is 1. The number of hydrogen-bond acceptors (Lipinski definition) is 9. The summed E-state index contributed by atoms with van der Waals surface area (Å²) < 4.78 is 17.0. The summed E-state index contributed by atoms with van der Waals surface area (Å²) in [5, 5.41) is 33.0. The van der Waals surface area contributed by atoms with E-state index in [2.05, 4.69) is 0 Å². The van der Waals surface area contributed by atoms with Gasteiger partial charge in [-0.05, 0) is 37.2 Å². The number of Topliss-reactive ketones (excluding diaryl/α,β-unsaturated/α-hetero) is 1. The topological polar surface area (TPSA) is 140 Å². The van der Waals surface area contributed by atoms with E-state index in [1.54, 1.807) is 13.8 Å². The van der Waals surface area contributed by atoms with Gasteiger partial charge in [-0.3, -0.25) is 9.59 Å². The fraction of sp³-hybridized carbons (Fsp3) is 0.773. The first-order chi connectivity index (χ1) is 14.6. The van der Waals surface area contributed by atoms with E-state index in [0.29, 0.717) is 12.0 Å². The van der Waals surface area contributed by atoms with Crippen LogP contribution >= 0.6 is 0 Å². The molecule has 5 aliphatic rings. The van der Waals surface area contributed by atoms with Gasteiger partial charge in [0.2, 0.25) is 0 Å². The quantitative estimate of drug-likeness (QED) is 0.525. The Kier molecular flexibility index (Phi) is 4.25. The van der Waals surface area contributed by atoms with Crippen LogP contribution in [0.4, 0.5) is 0 Å². The number of esters is 2. The maximum atomic E-state index is 13.1. The minimum atomic E-state index is -1.86. The molecule has 0 aromatic heterocycles. The Balaban J connectivity index is 1.72. The highest BCUT2D eigenvalue weighted by atomic mass is 16.6. The molecule has 2 aliphatic heterocycles. The fourth-order valence-electron chi connectivity index (χ4n) is 7.80. The first-order valence-corrected chi connectivity index (χ1v) is 10.8. The number of carbonyl (C=O) groups is 3. The second-order valence-corrected chi connectivity index (χ2v) is 9.99. The van der Waals surface area contributed by atoms with Crippen molar-refractivity contribution in [1.29, 1.82) is 0 Å². The van der Waals surface area contributed by atoms with E-state index in [-0.39, 0.29) is 37.7 Å². The molecular weight excluding hydrogens is 408 g/mol. The molecule has 3 unspecified atom stereocenters. The van der Waals surface area contributed by atoms with Gasteiger partial charge in [0.1, 0.15) is 12.2 Å². The number of allylic oxidation sites excluding steroid dienone is 2. The number of aliphatic hydroxyl groups excluding tert-OH is 3. The zero-order valence-corrected chi connectivity index (χ0v) is 17.8. The summed E-state index contributed by atoms with van der Waals surface area (Å²) in [4.78, 5) is 38.3. The van der Waals surface area contributed by atoms with Crippen LogP contribution < -0.4 is 0 Å². The Labute approximate surface area is 179 Å². The van der Waals surface area contributed by atoms with Crippen LogP contribution in [0, 0.1) is 28.6 Å². The van der Waals surface area contributed by atoms with Gasteiger partial charge in [0.25, 0.3) is 0 Å². The van der Waals surface area contributed by atoms with E-state index in [9.17, 15) is 29.7 Å². The molecule has 0 radical (unpaired) electrons. The van der Waals surface area contributed by atoms with Gasteiger partial charge in [0.15, 0.2) is 17.1 Å². The highest BCUT2D eigenvalue weighted by Gasteiger charge is 2.82. The predicted octanol–water partition coefficient (Wildman–Crippen LogP) is 0.419. The molecule has 5 rings (SSSR count). The maximum Gasteiger partial charge on any atom is 0.341 e. The highest BCUT2D eigenvalue weighted by Crippen LogP contribution is 2.72. The van der Waals surface area contributed by atoms with Crippen molar-refractivity contribution in [1.82, 2.24) is 0 Å². The van der Waals surface area contributed by atoms with Gasteiger partial charge >= 0.3 is 11.9 Å². The molecule has 1 spiro atoms. The average molecular weight is 436 g/mol. The number of carbonyl (C=O) groups excluding carboxylic acids is 3. The van der Waals surface area contributed by atoms with E-state index in [1.807, 2.05) is 6.92 Å². The molecule has 0 aromatic carbocycles. The molecule has 31 heavy (non-hydrogen) atoms. The molecular formula is C22H28O9. The molecule has 9 atom stereocenters. The van der Waals surface area contributed by atoms with Crippen LogP contribution in [0.25, 0.3) is 0 Å². The van der Waals surface area contributed by atoms with Crippen LogP contribution in [0.15, 0.2) is 11.3 Å². The Morgan fingerprint density at radius 1 is 1.29 bits per heavy atom. The van der Waals surface area contributed by atoms with Crippen LogP contribution in [0.5, 0.6) is 0 Å². The van der Waals surface area contributed by atoms with Gasteiger partial charge in [-0.15, -0.1) is 0 Å². The van der Waals surface area contributed by atoms with Gasteiger partial charge in [-0.25, -0.2) is 4.79 Å². The summed E-state index contributed by atoms with van der Waals surface area (Å²) in [7, 11) is 0. The van der Waals surface area contributed by atoms with Crippen molar-refractivity contribution in [3.63, 3.8) is 0 Å². The monoisotopic (exact) mass is 436 g/mol. The zero-order valence-electron chi connectivity index (χ0n) is 17.8. The fourth-order valence-corrected chi connectivity index (χ4v) is 7.80. The summed E-state index contributed by atoms with van der Waals surface area (Å²) in [6, 6.07) is 0. The van der Waals surface area contributed by atoms with Crippen LogP contribution in [0.3, 0.4) is 0 Å². The first kappa shape index (κ1) is 20.9. The summed E-state index contributed by atoms with van der Waals surface area (Å²) in [6.07, 6.45) is -3.55. The second kappa shape index (κ2) is 6.30. The minimum Gasteiger partial charge on any atom is -0.504 e. The standard InChI is InChI=1S/C22H28O9/c1-4-29-19(28)22-12-6-14(24)31-13-5-10-9(2)15(25)11(23)7-20(10,3)17(16(26)18(22)27)21(12,13)8-30-22/h10,12-13,16-18,25-27H,4-8H2,1-3H3/t10?,12-,13-,16-,17?,18?,20+,21-,22+/m1/s1. The Morgan fingerprint density at radius 2 is 2.00 bits per heavy atom. The lowest BCUT2D eigenvalue weighted by Crippen LogP contribution is -2.76. The van der Waals surface area contributed by atoms with Gasteiger partial charge in [-0.2, -0.15) is 0 Å². The third-order valence-electron chi connectivity index (χ3n) is 8.91. The molecule has 2 saturated heterocycles. The van der Waals surface area contributed by atoms with Crippen molar-refractivity contribution >= 4 is 17.7 Å². The lowest BCUT2D eigenvalue weighted by Gasteiger charge is -2.66. The number of hydrogen-bond donors (Lipinski definition) is 3. The summed E-state index contributed by atoms with van der Waals surface area (Å²) in [5.41, 5.74) is -3.13. The van der Waals surface area contributed by atoms with Crippen molar-refractivity contribution in [2.24, 2.45) is 28.6 Å². The van der Waals surface area contributed by atoms with Gasteiger partial charge in [0, 0.05) is 23.7 Å². The van der Waals surface area contributed by atoms with E-state index in [1.165, 1.54) is 0 Å². The van der Waals surface area contributed by atoms with Crippen molar-refractivity contribution < 1.29 is 43.9 Å². The van der Waals surface area contributed by atoms with Crippen molar-refractivity contribution in [2.45, 2.75) is 63.9 Å². The number of rotatable bonds is 2. The lowest BCUT2D eigenvalue weighted by atomic mass is 9.38. The lowest BCUT2D eigenvalue weighted by molar-refractivity contribution is -0.272. The Hall–Kier alpha value is -1.97. The van der Waals surface area contributed by atoms with Crippen LogP contribution in [-0.4, -0.2) is 70.2 Å². The Morgan fingerprint density at radius 3 is 2.68 bits per heavy atom. The summed E-state index contributed by atoms with van der Waals surface area (Å²) >= 11 is 0. The molecule has 3 N–H and O–H groups in total. The van der Waals surface area contributed by atoms with Gasteiger partial charge < -0.3 is 29.5 Å². The zero-order chi connectivity index (χ0) is 22.5. The maximum absolute atomic E-state index is 13.1. The van der Waals surface area contributed by atoms with Crippen LogP contribution in [-0.2, 0) is 28.6 Å².